The van der Waals surface area contributed by atoms with Crippen molar-refractivity contribution in [2.45, 2.75) is 19.4 Å². The van der Waals surface area contributed by atoms with Gasteiger partial charge in [-0.05, 0) is 36.2 Å². The molecule has 0 heterocycles. The molecule has 0 aliphatic carbocycles. The molecule has 9 heteroatoms. The molecule has 0 aromatic heterocycles. The summed E-state index contributed by atoms with van der Waals surface area (Å²) in [5.74, 6) is -1.22. The van der Waals surface area contributed by atoms with Gasteiger partial charge in [0.2, 0.25) is 0 Å². The zero-order valence-electron chi connectivity index (χ0n) is 15.0. The summed E-state index contributed by atoms with van der Waals surface area (Å²) >= 11 is 12.1. The van der Waals surface area contributed by atoms with Gasteiger partial charge in [0.05, 0.1) is 12.5 Å². The Kier molecular flexibility index (Phi) is 7.66. The van der Waals surface area contributed by atoms with Crippen molar-refractivity contribution in [2.75, 3.05) is 11.9 Å². The molecule has 0 fully saturated rings. The van der Waals surface area contributed by atoms with Crippen molar-refractivity contribution in [1.29, 1.82) is 0 Å². The van der Waals surface area contributed by atoms with Crippen molar-refractivity contribution in [1.82, 2.24) is 5.32 Å². The predicted octanol–water partition coefficient (Wildman–Crippen LogP) is 3.58. The molecule has 0 bridgehead atoms. The topological polar surface area (TPSA) is 111 Å². The molecule has 1 atom stereocenters. The number of aryl methyl sites for hydroxylation is 1. The van der Waals surface area contributed by atoms with Crippen molar-refractivity contribution in [3.8, 4) is 0 Å². The number of urea groups is 1. The van der Waals surface area contributed by atoms with Crippen molar-refractivity contribution >= 4 is 46.8 Å². The molecule has 0 saturated carbocycles. The van der Waals surface area contributed by atoms with Crippen LogP contribution in [0.1, 0.15) is 23.6 Å². The zero-order chi connectivity index (χ0) is 20.7. The second-order valence-electron chi connectivity index (χ2n) is 5.96. The minimum atomic E-state index is -0.813. The number of primary amides is 1. The number of amides is 3. The van der Waals surface area contributed by atoms with Crippen LogP contribution in [0.4, 0.5) is 10.5 Å². The Bertz CT molecular complexity index is 889. The normalized spacial score (nSPS) is 11.4. The highest BCUT2D eigenvalue weighted by atomic mass is 35.5. The van der Waals surface area contributed by atoms with Crippen LogP contribution in [0.15, 0.2) is 42.5 Å². The second kappa shape index (κ2) is 9.96. The van der Waals surface area contributed by atoms with Crippen LogP contribution in [-0.2, 0) is 14.3 Å². The number of ether oxygens (including phenoxy) is 1. The third-order valence-electron chi connectivity index (χ3n) is 3.79. The maximum Gasteiger partial charge on any atom is 0.312 e. The van der Waals surface area contributed by atoms with E-state index < -0.39 is 30.6 Å². The molecule has 2 rings (SSSR count). The number of carbonyl (C=O) groups is 3. The molecular formula is C19H19Cl2N3O4. The number of rotatable bonds is 7. The molecule has 7 nitrogen and oxygen atoms in total. The first-order valence-corrected chi connectivity index (χ1v) is 9.04. The Hall–Kier alpha value is -2.77. The van der Waals surface area contributed by atoms with Crippen LogP contribution >= 0.6 is 23.2 Å². The predicted molar refractivity (Wildman–Crippen MR) is 107 cm³/mol. The summed E-state index contributed by atoms with van der Waals surface area (Å²) in [7, 11) is 0. The number of carbonyl (C=O) groups excluding carboxylic acids is 3. The summed E-state index contributed by atoms with van der Waals surface area (Å²) in [5, 5.41) is 5.90. The number of esters is 1. The maximum absolute atomic E-state index is 12.1. The molecule has 0 saturated heterocycles. The third-order valence-corrected chi connectivity index (χ3v) is 4.54. The molecule has 2 aromatic rings. The van der Waals surface area contributed by atoms with Gasteiger partial charge in [-0.3, -0.25) is 9.59 Å². The van der Waals surface area contributed by atoms with E-state index in [1.165, 1.54) is 0 Å². The monoisotopic (exact) mass is 423 g/mol. The van der Waals surface area contributed by atoms with E-state index in [0.29, 0.717) is 21.3 Å². The third kappa shape index (κ3) is 6.44. The molecule has 0 aliphatic rings. The largest absolute Gasteiger partial charge is 0.455 e. The molecule has 2 aromatic carbocycles. The SMILES string of the molecule is Cc1ccc(NC(=O)COC(=O)CC(NC(N)=O)c2ccccc2Cl)cc1Cl. The fourth-order valence-corrected chi connectivity index (χ4v) is 2.86. The number of halogens is 2. The average Bonchev–Trinajstić information content (AvgIpc) is 2.62. The Morgan fingerprint density at radius 3 is 2.46 bits per heavy atom. The van der Waals surface area contributed by atoms with E-state index in [1.54, 1.807) is 42.5 Å². The number of benzene rings is 2. The number of anilines is 1. The van der Waals surface area contributed by atoms with Crippen LogP contribution in [0.5, 0.6) is 0 Å². The van der Waals surface area contributed by atoms with Gasteiger partial charge in [-0.1, -0.05) is 47.5 Å². The zero-order valence-corrected chi connectivity index (χ0v) is 16.5. The number of nitrogens with two attached hydrogens (primary N) is 1. The van der Waals surface area contributed by atoms with Crippen molar-refractivity contribution in [3.63, 3.8) is 0 Å². The molecule has 1 unspecified atom stereocenters. The summed E-state index contributed by atoms with van der Waals surface area (Å²) in [6, 6.07) is 10.2. The van der Waals surface area contributed by atoms with Gasteiger partial charge in [-0.15, -0.1) is 0 Å². The van der Waals surface area contributed by atoms with E-state index in [-0.39, 0.29) is 6.42 Å². The van der Waals surface area contributed by atoms with Gasteiger partial charge in [-0.2, -0.15) is 0 Å². The lowest BCUT2D eigenvalue weighted by molar-refractivity contribution is -0.147. The fourth-order valence-electron chi connectivity index (χ4n) is 2.41. The minimum Gasteiger partial charge on any atom is -0.455 e. The van der Waals surface area contributed by atoms with Gasteiger partial charge in [0.25, 0.3) is 5.91 Å². The van der Waals surface area contributed by atoms with Crippen LogP contribution in [0.3, 0.4) is 0 Å². The van der Waals surface area contributed by atoms with Gasteiger partial charge in [0, 0.05) is 15.7 Å². The van der Waals surface area contributed by atoms with Crippen molar-refractivity contribution in [3.05, 3.63) is 63.6 Å². The minimum absolute atomic E-state index is 0.240. The smallest absolute Gasteiger partial charge is 0.312 e. The summed E-state index contributed by atoms with van der Waals surface area (Å²) in [6.07, 6.45) is -0.240. The Morgan fingerprint density at radius 2 is 1.82 bits per heavy atom. The standard InChI is InChI=1S/C19H19Cl2N3O4/c1-11-6-7-12(8-15(11)21)23-17(25)10-28-18(26)9-16(24-19(22)27)13-4-2-3-5-14(13)20/h2-8,16H,9-10H2,1H3,(H,23,25)(H3,22,24,27). The highest BCUT2D eigenvalue weighted by Gasteiger charge is 2.21. The Labute approximate surface area is 172 Å². The van der Waals surface area contributed by atoms with E-state index >= 15 is 0 Å². The first kappa shape index (κ1) is 21.5. The van der Waals surface area contributed by atoms with E-state index in [9.17, 15) is 14.4 Å². The number of hydrogen-bond donors (Lipinski definition) is 3. The molecule has 0 radical (unpaired) electrons. The summed E-state index contributed by atoms with van der Waals surface area (Å²) in [5.41, 5.74) is 7.04. The molecule has 148 valence electrons. The van der Waals surface area contributed by atoms with Crippen LogP contribution in [0, 0.1) is 6.92 Å². The number of hydrogen-bond acceptors (Lipinski definition) is 4. The van der Waals surface area contributed by atoms with Gasteiger partial charge in [-0.25, -0.2) is 4.79 Å². The van der Waals surface area contributed by atoms with E-state index in [4.69, 9.17) is 33.7 Å². The van der Waals surface area contributed by atoms with Crippen LogP contribution in [0.25, 0.3) is 0 Å². The second-order valence-corrected chi connectivity index (χ2v) is 6.77. The Balaban J connectivity index is 1.93. The van der Waals surface area contributed by atoms with Gasteiger partial charge in [0.1, 0.15) is 0 Å². The van der Waals surface area contributed by atoms with Gasteiger partial charge >= 0.3 is 12.0 Å². The van der Waals surface area contributed by atoms with Crippen LogP contribution in [0.2, 0.25) is 10.0 Å². The van der Waals surface area contributed by atoms with Crippen LogP contribution in [-0.4, -0.2) is 24.5 Å². The summed E-state index contributed by atoms with van der Waals surface area (Å²) in [4.78, 5) is 35.3. The lowest BCUT2D eigenvalue weighted by Gasteiger charge is -2.18. The lowest BCUT2D eigenvalue weighted by atomic mass is 10.0. The maximum atomic E-state index is 12.1. The number of nitrogens with one attached hydrogen (secondary N) is 2. The molecule has 28 heavy (non-hydrogen) atoms. The van der Waals surface area contributed by atoms with E-state index in [0.717, 1.165) is 5.56 Å². The summed E-state index contributed by atoms with van der Waals surface area (Å²) in [6.45, 7) is 1.35. The van der Waals surface area contributed by atoms with Crippen LogP contribution < -0.4 is 16.4 Å². The first-order valence-electron chi connectivity index (χ1n) is 8.28. The average molecular weight is 424 g/mol. The quantitative estimate of drug-likeness (QED) is 0.590. The Morgan fingerprint density at radius 1 is 1.11 bits per heavy atom. The highest BCUT2D eigenvalue weighted by Crippen LogP contribution is 2.25. The molecule has 0 aliphatic heterocycles. The molecule has 4 N–H and O–H groups in total. The lowest BCUT2D eigenvalue weighted by Crippen LogP contribution is -2.35. The van der Waals surface area contributed by atoms with Gasteiger partial charge in [0.15, 0.2) is 6.61 Å². The molecule has 0 spiro atoms. The van der Waals surface area contributed by atoms with Gasteiger partial charge < -0.3 is 21.1 Å². The highest BCUT2D eigenvalue weighted by molar-refractivity contribution is 6.31. The van der Waals surface area contributed by atoms with E-state index in [2.05, 4.69) is 10.6 Å². The van der Waals surface area contributed by atoms with Crippen molar-refractivity contribution in [2.24, 2.45) is 5.73 Å². The fraction of sp³-hybridized carbons (Fsp3) is 0.211. The van der Waals surface area contributed by atoms with Crippen molar-refractivity contribution < 1.29 is 19.1 Å². The first-order chi connectivity index (χ1) is 13.3. The van der Waals surface area contributed by atoms with E-state index in [1.807, 2.05) is 6.92 Å². The molecule has 3 amide bonds. The molecular weight excluding hydrogens is 405 g/mol. The summed E-state index contributed by atoms with van der Waals surface area (Å²) < 4.78 is 4.98.